The lowest BCUT2D eigenvalue weighted by molar-refractivity contribution is 0.102. The van der Waals surface area contributed by atoms with E-state index in [1.165, 1.54) is 42.8 Å². The molecular weight excluding hydrogens is 378 g/mol. The Morgan fingerprint density at radius 1 is 0.889 bits per heavy atom. The Hall–Kier alpha value is -2.02. The molecule has 0 atom stereocenters. The van der Waals surface area contributed by atoms with Gasteiger partial charge < -0.3 is 5.32 Å². The molecule has 1 amide bonds. The third kappa shape index (κ3) is 5.03. The van der Waals surface area contributed by atoms with E-state index in [2.05, 4.69) is 5.32 Å². The first-order valence-corrected chi connectivity index (χ1v) is 9.74. The van der Waals surface area contributed by atoms with Gasteiger partial charge in [-0.15, -0.1) is 11.8 Å². The molecular formula is C20H19F4NOS. The van der Waals surface area contributed by atoms with Crippen LogP contribution in [0.2, 0.25) is 0 Å². The fourth-order valence-electron chi connectivity index (χ4n) is 3.11. The lowest BCUT2D eigenvalue weighted by Crippen LogP contribution is -2.13. The zero-order chi connectivity index (χ0) is 19.4. The second-order valence-electron chi connectivity index (χ2n) is 6.58. The quantitative estimate of drug-likeness (QED) is 0.372. The zero-order valence-electron chi connectivity index (χ0n) is 14.5. The maximum Gasteiger partial charge on any atom is 0.255 e. The van der Waals surface area contributed by atoms with Crippen LogP contribution in [-0.2, 0) is 0 Å². The van der Waals surface area contributed by atoms with Gasteiger partial charge in [-0.1, -0.05) is 25.7 Å². The van der Waals surface area contributed by atoms with Crippen molar-refractivity contribution in [3.63, 3.8) is 0 Å². The van der Waals surface area contributed by atoms with Crippen molar-refractivity contribution in [3.8, 4) is 0 Å². The number of nitrogens with one attached hydrogen (secondary N) is 1. The number of carbonyl (C=O) groups is 1. The molecule has 2 aromatic rings. The highest BCUT2D eigenvalue weighted by atomic mass is 32.2. The van der Waals surface area contributed by atoms with Crippen molar-refractivity contribution >= 4 is 23.4 Å². The van der Waals surface area contributed by atoms with Crippen LogP contribution in [0.3, 0.4) is 0 Å². The normalized spacial score (nSPS) is 15.4. The van der Waals surface area contributed by atoms with Gasteiger partial charge in [0.15, 0.2) is 17.5 Å². The van der Waals surface area contributed by atoms with Gasteiger partial charge in [-0.25, -0.2) is 17.6 Å². The minimum absolute atomic E-state index is 0.165. The lowest BCUT2D eigenvalue weighted by Gasteiger charge is -2.15. The van der Waals surface area contributed by atoms with Crippen LogP contribution < -0.4 is 5.32 Å². The standard InChI is InChI=1S/C20H19F4NOS/c21-15-8-7-12(9-18(15)27-14-5-3-1-2-4-6-14)20(26)25-13-10-16(22)19(24)17(23)11-13/h7-11,14H,1-6H2,(H,25,26). The van der Waals surface area contributed by atoms with Crippen molar-refractivity contribution in [1.29, 1.82) is 0 Å². The number of hydrogen-bond acceptors (Lipinski definition) is 2. The van der Waals surface area contributed by atoms with E-state index in [-0.39, 0.29) is 11.3 Å². The highest BCUT2D eigenvalue weighted by Crippen LogP contribution is 2.34. The van der Waals surface area contributed by atoms with E-state index >= 15 is 0 Å². The van der Waals surface area contributed by atoms with Crippen molar-refractivity contribution in [2.24, 2.45) is 0 Å². The van der Waals surface area contributed by atoms with E-state index in [0.29, 0.717) is 22.3 Å². The molecule has 0 bridgehead atoms. The third-order valence-electron chi connectivity index (χ3n) is 4.53. The van der Waals surface area contributed by atoms with E-state index in [9.17, 15) is 22.4 Å². The molecule has 1 N–H and O–H groups in total. The Morgan fingerprint density at radius 3 is 2.15 bits per heavy atom. The molecule has 0 aliphatic heterocycles. The van der Waals surface area contributed by atoms with Gasteiger partial charge in [-0.3, -0.25) is 4.79 Å². The maximum atomic E-state index is 14.2. The second-order valence-corrected chi connectivity index (χ2v) is 7.93. The molecule has 7 heteroatoms. The van der Waals surface area contributed by atoms with E-state index < -0.39 is 29.2 Å². The van der Waals surface area contributed by atoms with Gasteiger partial charge in [-0.05, 0) is 31.0 Å². The summed E-state index contributed by atoms with van der Waals surface area (Å²) in [6.45, 7) is 0. The van der Waals surface area contributed by atoms with Crippen LogP contribution in [0, 0.1) is 23.3 Å². The molecule has 1 fully saturated rings. The molecule has 1 aliphatic rings. The van der Waals surface area contributed by atoms with Crippen LogP contribution >= 0.6 is 11.8 Å². The van der Waals surface area contributed by atoms with Crippen molar-refractivity contribution < 1.29 is 22.4 Å². The average Bonchev–Trinajstić information content (AvgIpc) is 2.90. The van der Waals surface area contributed by atoms with Gasteiger partial charge in [0.2, 0.25) is 0 Å². The lowest BCUT2D eigenvalue weighted by atomic mass is 10.2. The minimum atomic E-state index is -1.60. The summed E-state index contributed by atoms with van der Waals surface area (Å²) in [4.78, 5) is 12.7. The first-order chi connectivity index (χ1) is 12.9. The smallest absolute Gasteiger partial charge is 0.255 e. The molecule has 2 nitrogen and oxygen atoms in total. The van der Waals surface area contributed by atoms with Crippen molar-refractivity contribution in [3.05, 3.63) is 59.2 Å². The van der Waals surface area contributed by atoms with Gasteiger partial charge in [0, 0.05) is 33.5 Å². The summed E-state index contributed by atoms with van der Waals surface area (Å²) in [6, 6.07) is 5.34. The second kappa shape index (κ2) is 8.78. The number of amides is 1. The molecule has 144 valence electrons. The molecule has 3 rings (SSSR count). The SMILES string of the molecule is O=C(Nc1cc(F)c(F)c(F)c1)c1ccc(F)c(SC2CCCCCC2)c1. The van der Waals surface area contributed by atoms with Gasteiger partial charge in [-0.2, -0.15) is 0 Å². The molecule has 0 aromatic heterocycles. The summed E-state index contributed by atoms with van der Waals surface area (Å²) < 4.78 is 53.8. The number of anilines is 1. The van der Waals surface area contributed by atoms with Crippen molar-refractivity contribution in [1.82, 2.24) is 0 Å². The highest BCUT2D eigenvalue weighted by Gasteiger charge is 2.18. The van der Waals surface area contributed by atoms with Crippen LogP contribution in [0.5, 0.6) is 0 Å². The Morgan fingerprint density at radius 2 is 1.52 bits per heavy atom. The van der Waals surface area contributed by atoms with Crippen LogP contribution in [0.1, 0.15) is 48.9 Å². The number of rotatable bonds is 4. The molecule has 27 heavy (non-hydrogen) atoms. The Bertz CT molecular complexity index is 812. The first-order valence-electron chi connectivity index (χ1n) is 8.86. The number of benzene rings is 2. The zero-order valence-corrected chi connectivity index (χ0v) is 15.4. The van der Waals surface area contributed by atoms with E-state index in [0.717, 1.165) is 25.7 Å². The van der Waals surface area contributed by atoms with Gasteiger partial charge in [0.25, 0.3) is 5.91 Å². The molecule has 2 aromatic carbocycles. The summed E-state index contributed by atoms with van der Waals surface area (Å²) in [5.41, 5.74) is -0.0450. The van der Waals surface area contributed by atoms with Crippen molar-refractivity contribution in [2.75, 3.05) is 5.32 Å². The maximum absolute atomic E-state index is 14.2. The predicted octanol–water partition coefficient (Wildman–Crippen LogP) is 6.31. The van der Waals surface area contributed by atoms with Gasteiger partial charge in [0.05, 0.1) is 0 Å². The largest absolute Gasteiger partial charge is 0.322 e. The number of thioether (sulfide) groups is 1. The molecule has 0 saturated heterocycles. The fourth-order valence-corrected chi connectivity index (χ4v) is 4.41. The summed E-state index contributed by atoms with van der Waals surface area (Å²) in [6.07, 6.45) is 6.62. The number of halogens is 4. The van der Waals surface area contributed by atoms with Crippen LogP contribution in [0.15, 0.2) is 35.2 Å². The van der Waals surface area contributed by atoms with Crippen LogP contribution in [-0.4, -0.2) is 11.2 Å². The minimum Gasteiger partial charge on any atom is -0.322 e. The van der Waals surface area contributed by atoms with Crippen LogP contribution in [0.25, 0.3) is 0 Å². The Balaban J connectivity index is 1.75. The monoisotopic (exact) mass is 397 g/mol. The fraction of sp³-hybridized carbons (Fsp3) is 0.350. The number of hydrogen-bond donors (Lipinski definition) is 1. The molecule has 0 spiro atoms. The van der Waals surface area contributed by atoms with E-state index in [1.807, 2.05) is 0 Å². The van der Waals surface area contributed by atoms with Gasteiger partial charge >= 0.3 is 0 Å². The molecule has 1 aliphatic carbocycles. The molecule has 0 heterocycles. The average molecular weight is 397 g/mol. The topological polar surface area (TPSA) is 29.1 Å². The molecule has 0 radical (unpaired) electrons. The Labute approximate surface area is 159 Å². The van der Waals surface area contributed by atoms with Crippen LogP contribution in [0.4, 0.5) is 23.2 Å². The summed E-state index contributed by atoms with van der Waals surface area (Å²) in [5, 5.41) is 2.62. The molecule has 1 saturated carbocycles. The summed E-state index contributed by atoms with van der Waals surface area (Å²) in [7, 11) is 0. The van der Waals surface area contributed by atoms with E-state index in [4.69, 9.17) is 0 Å². The highest BCUT2D eigenvalue weighted by molar-refractivity contribution is 8.00. The van der Waals surface area contributed by atoms with Gasteiger partial charge in [0.1, 0.15) is 5.82 Å². The predicted molar refractivity (Wildman–Crippen MR) is 98.0 cm³/mol. The number of carbonyl (C=O) groups excluding carboxylic acids is 1. The molecule has 0 unspecified atom stereocenters. The Kier molecular flexibility index (Phi) is 6.42. The van der Waals surface area contributed by atoms with E-state index in [1.54, 1.807) is 0 Å². The first kappa shape index (κ1) is 19.7. The third-order valence-corrected chi connectivity index (χ3v) is 5.90. The summed E-state index contributed by atoms with van der Waals surface area (Å²) in [5.74, 6) is -5.44. The van der Waals surface area contributed by atoms with Crippen molar-refractivity contribution in [2.45, 2.75) is 48.7 Å². The summed E-state index contributed by atoms with van der Waals surface area (Å²) >= 11 is 1.42.